The molecule has 0 aliphatic rings. The second kappa shape index (κ2) is 6.60. The average molecular weight is 281 g/mol. The molecule has 104 valence electrons. The van der Waals surface area contributed by atoms with Crippen LogP contribution in [0.1, 0.15) is 38.2 Å². The van der Waals surface area contributed by atoms with Gasteiger partial charge < -0.3 is 4.74 Å². The number of nitrogens with two attached hydrogens (primary N) is 1. The van der Waals surface area contributed by atoms with Crippen molar-refractivity contribution in [3.8, 4) is 18.1 Å². The van der Waals surface area contributed by atoms with Crippen molar-refractivity contribution in [1.82, 2.24) is 0 Å². The van der Waals surface area contributed by atoms with Gasteiger partial charge in [0.05, 0.1) is 11.5 Å². The zero-order valence-corrected chi connectivity index (χ0v) is 12.0. The van der Waals surface area contributed by atoms with Crippen LogP contribution in [0, 0.1) is 12.3 Å². The normalized spacial score (nSPS) is 11.3. The summed E-state index contributed by atoms with van der Waals surface area (Å²) < 4.78 is 28.3. The summed E-state index contributed by atoms with van der Waals surface area (Å²) in [4.78, 5) is 0.104. The van der Waals surface area contributed by atoms with Crippen LogP contribution in [0.2, 0.25) is 0 Å². The molecule has 1 aromatic rings. The van der Waals surface area contributed by atoms with Gasteiger partial charge in [-0.3, -0.25) is 0 Å². The molecule has 0 bridgehead atoms. The third-order valence-corrected chi connectivity index (χ3v) is 3.57. The molecule has 19 heavy (non-hydrogen) atoms. The van der Waals surface area contributed by atoms with Crippen molar-refractivity contribution in [1.29, 1.82) is 0 Å². The zero-order valence-electron chi connectivity index (χ0n) is 11.2. The van der Waals surface area contributed by atoms with Gasteiger partial charge in [-0.1, -0.05) is 13.8 Å². The third kappa shape index (κ3) is 4.58. The number of hydrogen-bond donors (Lipinski definition) is 1. The number of hydrogen-bond acceptors (Lipinski definition) is 3. The number of sulfonamides is 1. The highest BCUT2D eigenvalue weighted by Gasteiger charge is 2.14. The third-order valence-electron chi connectivity index (χ3n) is 2.65. The summed E-state index contributed by atoms with van der Waals surface area (Å²) in [6.07, 6.45) is 6.60. The summed E-state index contributed by atoms with van der Waals surface area (Å²) >= 11 is 0. The van der Waals surface area contributed by atoms with Crippen LogP contribution in [0.3, 0.4) is 0 Å². The molecule has 4 nitrogen and oxygen atoms in total. The Morgan fingerprint density at radius 3 is 2.63 bits per heavy atom. The highest BCUT2D eigenvalue weighted by atomic mass is 32.2. The Balaban J connectivity index is 2.96. The molecule has 0 atom stereocenters. The fourth-order valence-electron chi connectivity index (χ4n) is 1.64. The Hall–Kier alpha value is -1.51. The van der Waals surface area contributed by atoms with E-state index < -0.39 is 10.0 Å². The van der Waals surface area contributed by atoms with E-state index in [-0.39, 0.29) is 10.8 Å². The SMILES string of the molecule is C#CCCCOc1ccc(S(N)(=O)=O)cc1C(C)C. The lowest BCUT2D eigenvalue weighted by molar-refractivity contribution is 0.308. The maximum absolute atomic E-state index is 11.3. The maximum atomic E-state index is 11.3. The molecule has 0 aromatic heterocycles. The molecule has 5 heteroatoms. The zero-order chi connectivity index (χ0) is 14.5. The molecule has 0 amide bonds. The van der Waals surface area contributed by atoms with E-state index in [1.807, 2.05) is 13.8 Å². The molecule has 0 radical (unpaired) electrons. The van der Waals surface area contributed by atoms with Crippen molar-refractivity contribution in [2.24, 2.45) is 5.14 Å². The van der Waals surface area contributed by atoms with E-state index >= 15 is 0 Å². The van der Waals surface area contributed by atoms with Gasteiger partial charge in [-0.05, 0) is 36.1 Å². The molecule has 0 aliphatic heterocycles. The fraction of sp³-hybridized carbons (Fsp3) is 0.429. The number of unbranched alkanes of at least 4 members (excludes halogenated alkanes) is 1. The smallest absolute Gasteiger partial charge is 0.238 e. The van der Waals surface area contributed by atoms with Gasteiger partial charge in [0, 0.05) is 6.42 Å². The van der Waals surface area contributed by atoms with Gasteiger partial charge >= 0.3 is 0 Å². The summed E-state index contributed by atoms with van der Waals surface area (Å²) in [6.45, 7) is 4.45. The van der Waals surface area contributed by atoms with E-state index in [1.54, 1.807) is 12.1 Å². The molecule has 0 saturated carbocycles. The van der Waals surface area contributed by atoms with E-state index in [2.05, 4.69) is 5.92 Å². The van der Waals surface area contributed by atoms with Gasteiger partial charge in [0.1, 0.15) is 5.75 Å². The molecule has 0 spiro atoms. The monoisotopic (exact) mass is 281 g/mol. The van der Waals surface area contributed by atoms with Gasteiger partial charge in [0.25, 0.3) is 0 Å². The van der Waals surface area contributed by atoms with Crippen LogP contribution in [-0.2, 0) is 10.0 Å². The average Bonchev–Trinajstić information content (AvgIpc) is 2.33. The molecule has 0 fully saturated rings. The van der Waals surface area contributed by atoms with E-state index in [0.29, 0.717) is 18.8 Å². The first-order valence-corrected chi connectivity index (χ1v) is 7.64. The van der Waals surface area contributed by atoms with E-state index in [9.17, 15) is 8.42 Å². The van der Waals surface area contributed by atoms with Gasteiger partial charge in [-0.25, -0.2) is 13.6 Å². The summed E-state index contributed by atoms with van der Waals surface area (Å²) in [5.74, 6) is 3.37. The summed E-state index contributed by atoms with van der Waals surface area (Å²) in [7, 11) is -3.69. The number of primary sulfonamides is 1. The van der Waals surface area contributed by atoms with Crippen molar-refractivity contribution in [2.45, 2.75) is 37.5 Å². The molecule has 1 aromatic carbocycles. The first-order chi connectivity index (χ1) is 8.86. The lowest BCUT2D eigenvalue weighted by Crippen LogP contribution is -2.13. The van der Waals surface area contributed by atoms with Crippen LogP contribution in [0.25, 0.3) is 0 Å². The van der Waals surface area contributed by atoms with Crippen molar-refractivity contribution < 1.29 is 13.2 Å². The molecular weight excluding hydrogens is 262 g/mol. The predicted octanol–water partition coefficient (Wildman–Crippen LogP) is 2.25. The summed E-state index contributed by atoms with van der Waals surface area (Å²) in [5.41, 5.74) is 0.826. The van der Waals surface area contributed by atoms with Gasteiger partial charge in [0.2, 0.25) is 10.0 Å². The lowest BCUT2D eigenvalue weighted by atomic mass is 10.0. The van der Waals surface area contributed by atoms with E-state index in [0.717, 1.165) is 12.0 Å². The van der Waals surface area contributed by atoms with Crippen LogP contribution in [-0.4, -0.2) is 15.0 Å². The quantitative estimate of drug-likeness (QED) is 0.642. The highest BCUT2D eigenvalue weighted by Crippen LogP contribution is 2.29. The lowest BCUT2D eigenvalue weighted by Gasteiger charge is -2.15. The Morgan fingerprint density at radius 1 is 1.42 bits per heavy atom. The second-order valence-corrected chi connectivity index (χ2v) is 6.12. The minimum atomic E-state index is -3.69. The molecule has 0 unspecified atom stereocenters. The van der Waals surface area contributed by atoms with Crippen molar-refractivity contribution in [2.75, 3.05) is 6.61 Å². The Kier molecular flexibility index (Phi) is 5.40. The van der Waals surface area contributed by atoms with Gasteiger partial charge in [-0.15, -0.1) is 12.3 Å². The Bertz CT molecular complexity index is 571. The van der Waals surface area contributed by atoms with Crippen molar-refractivity contribution in [3.05, 3.63) is 23.8 Å². The van der Waals surface area contributed by atoms with Crippen LogP contribution in [0.15, 0.2) is 23.1 Å². The van der Waals surface area contributed by atoms with E-state index in [4.69, 9.17) is 16.3 Å². The standard InChI is InChI=1S/C14H19NO3S/c1-4-5-6-9-18-14-8-7-12(19(15,16)17)10-13(14)11(2)3/h1,7-8,10-11H,5-6,9H2,2-3H3,(H2,15,16,17). The fourth-order valence-corrected chi connectivity index (χ4v) is 2.19. The topological polar surface area (TPSA) is 69.4 Å². The first-order valence-electron chi connectivity index (χ1n) is 6.09. The first kappa shape index (κ1) is 15.5. The molecule has 0 heterocycles. The molecular formula is C14H19NO3S. The number of benzene rings is 1. The van der Waals surface area contributed by atoms with Crippen LogP contribution in [0.4, 0.5) is 0 Å². The Morgan fingerprint density at radius 2 is 2.11 bits per heavy atom. The number of rotatable bonds is 6. The predicted molar refractivity (Wildman–Crippen MR) is 75.5 cm³/mol. The number of terminal acetylenes is 1. The summed E-state index contributed by atoms with van der Waals surface area (Å²) in [6, 6.07) is 4.67. The molecule has 0 saturated heterocycles. The molecule has 1 rings (SSSR count). The van der Waals surface area contributed by atoms with Crippen LogP contribution >= 0.6 is 0 Å². The van der Waals surface area contributed by atoms with Crippen LogP contribution in [0.5, 0.6) is 5.75 Å². The molecule has 2 N–H and O–H groups in total. The minimum absolute atomic E-state index is 0.104. The second-order valence-electron chi connectivity index (χ2n) is 4.56. The Labute approximate surface area is 115 Å². The van der Waals surface area contributed by atoms with Crippen molar-refractivity contribution in [3.63, 3.8) is 0 Å². The summed E-state index contributed by atoms with van der Waals surface area (Å²) in [5, 5.41) is 5.12. The highest BCUT2D eigenvalue weighted by molar-refractivity contribution is 7.89. The number of ether oxygens (including phenoxy) is 1. The van der Waals surface area contributed by atoms with E-state index in [1.165, 1.54) is 6.07 Å². The molecule has 0 aliphatic carbocycles. The minimum Gasteiger partial charge on any atom is -0.493 e. The van der Waals surface area contributed by atoms with Crippen molar-refractivity contribution >= 4 is 10.0 Å². The maximum Gasteiger partial charge on any atom is 0.238 e. The van der Waals surface area contributed by atoms with Gasteiger partial charge in [-0.2, -0.15) is 0 Å². The largest absolute Gasteiger partial charge is 0.493 e. The van der Waals surface area contributed by atoms with Gasteiger partial charge in [0.15, 0.2) is 0 Å². The van der Waals surface area contributed by atoms with Crippen LogP contribution < -0.4 is 9.88 Å².